The Labute approximate surface area is 201 Å². The summed E-state index contributed by atoms with van der Waals surface area (Å²) in [7, 11) is 1.71. The molecule has 1 aliphatic rings. The second-order valence-corrected chi connectivity index (χ2v) is 9.09. The lowest BCUT2D eigenvalue weighted by Gasteiger charge is -2.21. The third kappa shape index (κ3) is 4.95. The standard InChI is InChI=1S/C27H35FN4O2/c1-18-14-23(28)7-6-21(18)17-30-25-16-22(27(33)31-10-5-8-29-9-11-31)15-24-19(2)20(3)32(26(24)25)12-13-34-4/h6-7,14-16,29-30H,5,8-13,17H2,1-4H3. The predicted molar refractivity (Wildman–Crippen MR) is 135 cm³/mol. The molecule has 1 aromatic heterocycles. The molecule has 6 nitrogen and oxygen atoms in total. The van der Waals surface area contributed by atoms with Gasteiger partial charge in [-0.25, -0.2) is 4.39 Å². The predicted octanol–water partition coefficient (Wildman–Crippen LogP) is 4.40. The van der Waals surface area contributed by atoms with E-state index in [4.69, 9.17) is 4.74 Å². The van der Waals surface area contributed by atoms with Gasteiger partial charge < -0.3 is 24.8 Å². The Balaban J connectivity index is 1.77. The molecule has 3 aromatic rings. The van der Waals surface area contributed by atoms with Crippen molar-refractivity contribution >= 4 is 22.5 Å². The van der Waals surface area contributed by atoms with E-state index in [1.165, 1.54) is 11.6 Å². The normalized spacial score (nSPS) is 14.4. The molecular formula is C27H35FN4O2. The van der Waals surface area contributed by atoms with E-state index >= 15 is 0 Å². The number of benzene rings is 2. The van der Waals surface area contributed by atoms with E-state index in [-0.39, 0.29) is 11.7 Å². The van der Waals surface area contributed by atoms with E-state index in [1.807, 2.05) is 30.0 Å². The van der Waals surface area contributed by atoms with Crippen LogP contribution in [-0.4, -0.2) is 55.3 Å². The van der Waals surface area contributed by atoms with Gasteiger partial charge in [0.05, 0.1) is 17.8 Å². The summed E-state index contributed by atoms with van der Waals surface area (Å²) in [5.74, 6) is -0.170. The highest BCUT2D eigenvalue weighted by atomic mass is 19.1. The van der Waals surface area contributed by atoms with Crippen molar-refractivity contribution in [1.82, 2.24) is 14.8 Å². The highest BCUT2D eigenvalue weighted by Gasteiger charge is 2.22. The number of methoxy groups -OCH3 is 1. The van der Waals surface area contributed by atoms with Crippen LogP contribution in [0.3, 0.4) is 0 Å². The number of fused-ring (bicyclic) bond motifs is 1. The lowest BCUT2D eigenvalue weighted by Crippen LogP contribution is -2.34. The van der Waals surface area contributed by atoms with E-state index in [0.717, 1.165) is 66.0 Å². The van der Waals surface area contributed by atoms with E-state index in [2.05, 4.69) is 29.0 Å². The van der Waals surface area contributed by atoms with Crippen molar-refractivity contribution in [3.63, 3.8) is 0 Å². The molecule has 1 amide bonds. The first-order valence-corrected chi connectivity index (χ1v) is 12.0. The topological polar surface area (TPSA) is 58.5 Å². The Morgan fingerprint density at radius 2 is 1.97 bits per heavy atom. The lowest BCUT2D eigenvalue weighted by atomic mass is 10.0. The molecule has 1 aliphatic heterocycles. The highest BCUT2D eigenvalue weighted by molar-refractivity contribution is 6.04. The maximum Gasteiger partial charge on any atom is 0.253 e. The molecule has 34 heavy (non-hydrogen) atoms. The first-order valence-electron chi connectivity index (χ1n) is 12.0. The van der Waals surface area contributed by atoms with Gasteiger partial charge in [-0.05, 0) is 74.7 Å². The molecule has 2 N–H and O–H groups in total. The van der Waals surface area contributed by atoms with Crippen molar-refractivity contribution in [2.75, 3.05) is 45.2 Å². The minimum Gasteiger partial charge on any atom is -0.383 e. The van der Waals surface area contributed by atoms with Crippen LogP contribution in [-0.2, 0) is 17.8 Å². The number of anilines is 1. The fourth-order valence-corrected chi connectivity index (χ4v) is 4.78. The Morgan fingerprint density at radius 3 is 2.74 bits per heavy atom. The molecule has 2 aromatic carbocycles. The van der Waals surface area contributed by atoms with E-state index in [9.17, 15) is 9.18 Å². The summed E-state index contributed by atoms with van der Waals surface area (Å²) in [6, 6.07) is 8.87. The van der Waals surface area contributed by atoms with Gasteiger partial charge in [-0.3, -0.25) is 4.79 Å². The molecule has 7 heteroatoms. The number of rotatable bonds is 7. The fourth-order valence-electron chi connectivity index (χ4n) is 4.78. The summed E-state index contributed by atoms with van der Waals surface area (Å²) in [5, 5.41) is 8.00. The minimum atomic E-state index is -0.233. The van der Waals surface area contributed by atoms with Crippen molar-refractivity contribution in [3.05, 3.63) is 64.1 Å². The molecule has 0 spiro atoms. The Bertz CT molecular complexity index is 1180. The number of hydrogen-bond acceptors (Lipinski definition) is 4. The fraction of sp³-hybridized carbons (Fsp3) is 0.444. The largest absolute Gasteiger partial charge is 0.383 e. The average Bonchev–Trinajstić information content (AvgIpc) is 3.00. The van der Waals surface area contributed by atoms with Crippen LogP contribution in [0.2, 0.25) is 0 Å². The van der Waals surface area contributed by atoms with E-state index in [0.29, 0.717) is 25.3 Å². The molecule has 0 aliphatic carbocycles. The molecule has 0 radical (unpaired) electrons. The van der Waals surface area contributed by atoms with Gasteiger partial charge in [-0.1, -0.05) is 6.07 Å². The van der Waals surface area contributed by atoms with Gasteiger partial charge in [0.25, 0.3) is 5.91 Å². The Kier molecular flexibility index (Phi) is 7.54. The molecule has 2 heterocycles. The van der Waals surface area contributed by atoms with Crippen molar-refractivity contribution < 1.29 is 13.9 Å². The minimum absolute atomic E-state index is 0.0632. The monoisotopic (exact) mass is 466 g/mol. The molecule has 1 fully saturated rings. The van der Waals surface area contributed by atoms with Gasteiger partial charge in [-0.15, -0.1) is 0 Å². The molecule has 182 valence electrons. The number of carbonyl (C=O) groups excluding carboxylic acids is 1. The van der Waals surface area contributed by atoms with Gasteiger partial charge in [0.1, 0.15) is 5.82 Å². The summed E-state index contributed by atoms with van der Waals surface area (Å²) >= 11 is 0. The first kappa shape index (κ1) is 24.2. The number of nitrogens with one attached hydrogen (secondary N) is 2. The van der Waals surface area contributed by atoms with E-state index in [1.54, 1.807) is 13.2 Å². The number of nitrogens with zero attached hydrogens (tertiary/aromatic N) is 2. The third-order valence-corrected chi connectivity index (χ3v) is 6.90. The molecule has 0 atom stereocenters. The highest BCUT2D eigenvalue weighted by Crippen LogP contribution is 2.33. The number of aromatic nitrogens is 1. The Morgan fingerprint density at radius 1 is 1.15 bits per heavy atom. The zero-order valence-electron chi connectivity index (χ0n) is 20.6. The van der Waals surface area contributed by atoms with Crippen LogP contribution in [0.4, 0.5) is 10.1 Å². The average molecular weight is 467 g/mol. The maximum absolute atomic E-state index is 13.6. The van der Waals surface area contributed by atoms with Crippen LogP contribution >= 0.6 is 0 Å². The zero-order chi connectivity index (χ0) is 24.2. The summed E-state index contributed by atoms with van der Waals surface area (Å²) in [6.07, 6.45) is 0.953. The second-order valence-electron chi connectivity index (χ2n) is 9.09. The van der Waals surface area contributed by atoms with Crippen molar-refractivity contribution in [1.29, 1.82) is 0 Å². The number of halogens is 1. The van der Waals surface area contributed by atoms with Crippen molar-refractivity contribution in [3.8, 4) is 0 Å². The lowest BCUT2D eigenvalue weighted by molar-refractivity contribution is 0.0766. The SMILES string of the molecule is COCCn1c(C)c(C)c2cc(C(=O)N3CCCNCC3)cc(NCc3ccc(F)cc3C)c21. The van der Waals surface area contributed by atoms with Gasteiger partial charge in [0, 0.05) is 56.5 Å². The number of carbonyl (C=O) groups is 1. The van der Waals surface area contributed by atoms with E-state index < -0.39 is 0 Å². The van der Waals surface area contributed by atoms with Crippen molar-refractivity contribution in [2.45, 2.75) is 40.3 Å². The smallest absolute Gasteiger partial charge is 0.253 e. The van der Waals surface area contributed by atoms with Crippen LogP contribution < -0.4 is 10.6 Å². The van der Waals surface area contributed by atoms with Crippen LogP contribution in [0.25, 0.3) is 10.9 Å². The molecular weight excluding hydrogens is 431 g/mol. The summed E-state index contributed by atoms with van der Waals surface area (Å²) in [4.78, 5) is 15.4. The number of amides is 1. The maximum atomic E-state index is 13.6. The van der Waals surface area contributed by atoms with Crippen LogP contribution in [0, 0.1) is 26.6 Å². The number of ether oxygens (including phenoxy) is 1. The molecule has 4 rings (SSSR count). The zero-order valence-corrected chi connectivity index (χ0v) is 20.6. The number of aryl methyl sites for hydroxylation is 2. The molecule has 0 unspecified atom stereocenters. The molecule has 0 bridgehead atoms. The Hall–Kier alpha value is -2.90. The quantitative estimate of drug-likeness (QED) is 0.542. The molecule has 1 saturated heterocycles. The van der Waals surface area contributed by atoms with Crippen LogP contribution in [0.5, 0.6) is 0 Å². The summed E-state index contributed by atoms with van der Waals surface area (Å²) < 4.78 is 21.2. The van der Waals surface area contributed by atoms with Crippen LogP contribution in [0.1, 0.15) is 39.2 Å². The van der Waals surface area contributed by atoms with Gasteiger partial charge >= 0.3 is 0 Å². The van der Waals surface area contributed by atoms with Gasteiger partial charge in [0.15, 0.2) is 0 Å². The number of hydrogen-bond donors (Lipinski definition) is 2. The first-order chi connectivity index (χ1) is 16.4. The van der Waals surface area contributed by atoms with Gasteiger partial charge in [-0.2, -0.15) is 0 Å². The second kappa shape index (κ2) is 10.6. The van der Waals surface area contributed by atoms with Crippen LogP contribution in [0.15, 0.2) is 30.3 Å². The van der Waals surface area contributed by atoms with Gasteiger partial charge in [0.2, 0.25) is 0 Å². The molecule has 0 saturated carbocycles. The van der Waals surface area contributed by atoms with Crippen molar-refractivity contribution in [2.24, 2.45) is 0 Å². The third-order valence-electron chi connectivity index (χ3n) is 6.90. The summed E-state index contributed by atoms with van der Waals surface area (Å²) in [5.41, 5.74) is 6.92. The summed E-state index contributed by atoms with van der Waals surface area (Å²) in [6.45, 7) is 11.2.